The van der Waals surface area contributed by atoms with Crippen LogP contribution in [0.3, 0.4) is 0 Å². The van der Waals surface area contributed by atoms with E-state index in [0.717, 1.165) is 48.4 Å². The molecule has 0 spiro atoms. The normalized spacial score (nSPS) is 18.2. The van der Waals surface area contributed by atoms with Crippen molar-refractivity contribution in [1.29, 1.82) is 0 Å². The highest BCUT2D eigenvalue weighted by Gasteiger charge is 2.30. The van der Waals surface area contributed by atoms with Crippen molar-refractivity contribution < 1.29 is 4.79 Å². The van der Waals surface area contributed by atoms with Gasteiger partial charge in [-0.25, -0.2) is 0 Å². The van der Waals surface area contributed by atoms with Gasteiger partial charge in [0.15, 0.2) is 0 Å². The Kier molecular flexibility index (Phi) is 5.69. The van der Waals surface area contributed by atoms with E-state index in [1.54, 1.807) is 11.3 Å². The van der Waals surface area contributed by atoms with Gasteiger partial charge < -0.3 is 4.90 Å². The summed E-state index contributed by atoms with van der Waals surface area (Å²) in [4.78, 5) is 19.1. The highest BCUT2D eigenvalue weighted by atomic mass is 32.1. The molecule has 0 N–H and O–H groups in total. The van der Waals surface area contributed by atoms with Gasteiger partial charge in [0.2, 0.25) is 0 Å². The fraction of sp³-hybridized carbons (Fsp3) is 0.417. The van der Waals surface area contributed by atoms with Crippen molar-refractivity contribution in [1.82, 2.24) is 19.6 Å². The van der Waals surface area contributed by atoms with Gasteiger partial charge in [0, 0.05) is 38.4 Å². The molecule has 0 atom stereocenters. The average Bonchev–Trinajstić information content (AvgIpc) is 3.55. The standard InChI is InChI=1S/C24H28N4OS/c29-24(27-14-12-26(13-15-27)20-9-4-5-10-20)21-18-28(17-19-7-2-1-3-8-19)25-23(21)22-11-6-16-30-22/h1-3,6-8,11,16,18,20H,4-5,9-10,12-15,17H2. The van der Waals surface area contributed by atoms with E-state index >= 15 is 0 Å². The van der Waals surface area contributed by atoms with Crippen LogP contribution >= 0.6 is 11.3 Å². The summed E-state index contributed by atoms with van der Waals surface area (Å²) in [5.41, 5.74) is 2.72. The number of rotatable bonds is 5. The molecule has 6 heteroatoms. The number of carbonyl (C=O) groups is 1. The summed E-state index contributed by atoms with van der Waals surface area (Å²) < 4.78 is 1.91. The average molecular weight is 421 g/mol. The molecule has 1 aromatic carbocycles. The second-order valence-corrected chi connectivity index (χ2v) is 9.27. The fourth-order valence-electron chi connectivity index (χ4n) is 4.75. The molecule has 2 aliphatic rings. The molecule has 2 fully saturated rings. The first-order valence-corrected chi connectivity index (χ1v) is 11.8. The van der Waals surface area contributed by atoms with Crippen molar-refractivity contribution in [3.05, 3.63) is 65.2 Å². The van der Waals surface area contributed by atoms with Gasteiger partial charge in [0.05, 0.1) is 17.0 Å². The lowest BCUT2D eigenvalue weighted by Gasteiger charge is -2.38. The van der Waals surface area contributed by atoms with E-state index in [4.69, 9.17) is 5.10 Å². The molecular formula is C24H28N4OS. The minimum atomic E-state index is 0.115. The Morgan fingerprint density at radius 2 is 1.77 bits per heavy atom. The molecule has 1 aliphatic heterocycles. The summed E-state index contributed by atoms with van der Waals surface area (Å²) in [6.45, 7) is 4.26. The molecule has 5 nitrogen and oxygen atoms in total. The van der Waals surface area contributed by atoms with Crippen LogP contribution in [0.2, 0.25) is 0 Å². The van der Waals surface area contributed by atoms with Crippen molar-refractivity contribution in [3.63, 3.8) is 0 Å². The van der Waals surface area contributed by atoms with Gasteiger partial charge in [-0.15, -0.1) is 11.3 Å². The number of thiophene rings is 1. The Morgan fingerprint density at radius 1 is 1.00 bits per heavy atom. The zero-order chi connectivity index (χ0) is 20.3. The molecule has 3 heterocycles. The molecule has 0 unspecified atom stereocenters. The number of aromatic nitrogens is 2. The zero-order valence-electron chi connectivity index (χ0n) is 17.2. The smallest absolute Gasteiger partial charge is 0.257 e. The highest BCUT2D eigenvalue weighted by Crippen LogP contribution is 2.29. The molecule has 1 saturated carbocycles. The molecule has 30 heavy (non-hydrogen) atoms. The number of piperazine rings is 1. The Hall–Kier alpha value is -2.44. The minimum absolute atomic E-state index is 0.115. The van der Waals surface area contributed by atoms with E-state index < -0.39 is 0 Å². The van der Waals surface area contributed by atoms with Crippen molar-refractivity contribution in [2.45, 2.75) is 38.3 Å². The predicted molar refractivity (Wildman–Crippen MR) is 121 cm³/mol. The number of benzene rings is 1. The molecule has 1 aliphatic carbocycles. The third kappa shape index (κ3) is 4.07. The fourth-order valence-corrected chi connectivity index (χ4v) is 5.48. The maximum absolute atomic E-state index is 13.5. The van der Waals surface area contributed by atoms with Gasteiger partial charge in [-0.05, 0) is 29.9 Å². The molecular weight excluding hydrogens is 392 g/mol. The first-order valence-electron chi connectivity index (χ1n) is 11.0. The highest BCUT2D eigenvalue weighted by molar-refractivity contribution is 7.13. The van der Waals surface area contributed by atoms with E-state index in [0.29, 0.717) is 6.54 Å². The van der Waals surface area contributed by atoms with Crippen molar-refractivity contribution >= 4 is 17.2 Å². The van der Waals surface area contributed by atoms with Crippen LogP contribution < -0.4 is 0 Å². The maximum Gasteiger partial charge on any atom is 0.257 e. The number of nitrogens with zero attached hydrogens (tertiary/aromatic N) is 4. The second kappa shape index (κ2) is 8.74. The van der Waals surface area contributed by atoms with E-state index in [1.807, 2.05) is 45.4 Å². The largest absolute Gasteiger partial charge is 0.336 e. The molecule has 1 amide bonds. The summed E-state index contributed by atoms with van der Waals surface area (Å²) in [5, 5.41) is 6.85. The van der Waals surface area contributed by atoms with Gasteiger partial charge in [-0.2, -0.15) is 5.10 Å². The van der Waals surface area contributed by atoms with Crippen LogP contribution in [-0.4, -0.2) is 57.7 Å². The first-order chi connectivity index (χ1) is 14.8. The van der Waals surface area contributed by atoms with Crippen LogP contribution in [0.25, 0.3) is 10.6 Å². The van der Waals surface area contributed by atoms with E-state index in [9.17, 15) is 4.79 Å². The van der Waals surface area contributed by atoms with Crippen LogP contribution in [0.15, 0.2) is 54.0 Å². The number of hydrogen-bond acceptors (Lipinski definition) is 4. The lowest BCUT2D eigenvalue weighted by atomic mass is 10.1. The molecule has 0 radical (unpaired) electrons. The van der Waals surface area contributed by atoms with Gasteiger partial charge in [0.25, 0.3) is 5.91 Å². The minimum Gasteiger partial charge on any atom is -0.336 e. The van der Waals surface area contributed by atoms with Gasteiger partial charge in [0.1, 0.15) is 5.69 Å². The third-order valence-corrected chi connectivity index (χ3v) is 7.25. The second-order valence-electron chi connectivity index (χ2n) is 8.32. The molecule has 156 valence electrons. The Morgan fingerprint density at radius 3 is 2.47 bits per heavy atom. The summed E-state index contributed by atoms with van der Waals surface area (Å²) in [7, 11) is 0. The Bertz CT molecular complexity index is 968. The monoisotopic (exact) mass is 420 g/mol. The van der Waals surface area contributed by atoms with Crippen LogP contribution in [0, 0.1) is 0 Å². The lowest BCUT2D eigenvalue weighted by molar-refractivity contribution is 0.0574. The number of hydrogen-bond donors (Lipinski definition) is 0. The summed E-state index contributed by atoms with van der Waals surface area (Å²) in [6.07, 6.45) is 7.29. The van der Waals surface area contributed by atoms with Gasteiger partial charge in [-0.3, -0.25) is 14.4 Å². The van der Waals surface area contributed by atoms with Crippen LogP contribution in [0.4, 0.5) is 0 Å². The lowest BCUT2D eigenvalue weighted by Crippen LogP contribution is -2.51. The molecule has 0 bridgehead atoms. The van der Waals surface area contributed by atoms with Crippen molar-refractivity contribution in [3.8, 4) is 10.6 Å². The van der Waals surface area contributed by atoms with Crippen LogP contribution in [0.1, 0.15) is 41.6 Å². The van der Waals surface area contributed by atoms with Gasteiger partial charge >= 0.3 is 0 Å². The third-order valence-electron chi connectivity index (χ3n) is 6.38. The molecule has 3 aromatic rings. The summed E-state index contributed by atoms with van der Waals surface area (Å²) >= 11 is 1.64. The van der Waals surface area contributed by atoms with Crippen LogP contribution in [-0.2, 0) is 6.54 Å². The molecule has 5 rings (SSSR count). The summed E-state index contributed by atoms with van der Waals surface area (Å²) in [6, 6.07) is 15.1. The quantitative estimate of drug-likeness (QED) is 0.616. The van der Waals surface area contributed by atoms with Gasteiger partial charge in [-0.1, -0.05) is 49.2 Å². The Labute approximate surface area is 181 Å². The van der Waals surface area contributed by atoms with Crippen molar-refractivity contribution in [2.75, 3.05) is 26.2 Å². The Balaban J connectivity index is 1.35. The summed E-state index contributed by atoms with van der Waals surface area (Å²) in [5.74, 6) is 0.115. The number of carbonyl (C=O) groups excluding carboxylic acids is 1. The maximum atomic E-state index is 13.5. The molecule has 2 aromatic heterocycles. The van der Waals surface area contributed by atoms with Crippen LogP contribution in [0.5, 0.6) is 0 Å². The van der Waals surface area contributed by atoms with Crippen molar-refractivity contribution in [2.24, 2.45) is 0 Å². The number of amides is 1. The SMILES string of the molecule is O=C(c1cn(Cc2ccccc2)nc1-c1cccs1)N1CCN(C2CCCC2)CC1. The van der Waals surface area contributed by atoms with E-state index in [1.165, 1.54) is 31.2 Å². The first kappa shape index (κ1) is 19.5. The van der Waals surface area contributed by atoms with E-state index in [2.05, 4.69) is 23.1 Å². The zero-order valence-corrected chi connectivity index (χ0v) is 18.1. The molecule has 1 saturated heterocycles. The predicted octanol–water partition coefficient (Wildman–Crippen LogP) is 4.36. The van der Waals surface area contributed by atoms with E-state index in [-0.39, 0.29) is 5.91 Å². The topological polar surface area (TPSA) is 41.4 Å².